The molecule has 12 N–H and O–H groups in total. The van der Waals surface area contributed by atoms with Gasteiger partial charge in [0.15, 0.2) is 17.8 Å². The van der Waals surface area contributed by atoms with E-state index in [2.05, 4.69) is 68.0 Å². The number of piperazine rings is 1. The number of imidazole rings is 2. The van der Waals surface area contributed by atoms with Crippen molar-refractivity contribution < 1.29 is 81.1 Å². The number of carbonyl (C=O) groups excluding carboxylic acids is 10. The van der Waals surface area contributed by atoms with Gasteiger partial charge in [-0.1, -0.05) is 23.7 Å². The van der Waals surface area contributed by atoms with Crippen LogP contribution in [0.2, 0.25) is 5.02 Å². The van der Waals surface area contributed by atoms with Crippen LogP contribution in [0.3, 0.4) is 0 Å². The molecular weight excluding hydrogens is 1630 g/mol. The highest BCUT2D eigenvalue weighted by molar-refractivity contribution is 7.17. The molecule has 660 valence electrons. The molecule has 2 aromatic carbocycles. The van der Waals surface area contributed by atoms with Gasteiger partial charge in [-0.05, 0) is 74.9 Å². The molecule has 10 rings (SSSR count). The summed E-state index contributed by atoms with van der Waals surface area (Å²) in [5.41, 5.74) is 4.94. The average molecular weight is 1740 g/mol. The van der Waals surface area contributed by atoms with E-state index in [1.54, 1.807) is 105 Å². The van der Waals surface area contributed by atoms with Crippen LogP contribution in [0.25, 0.3) is 0 Å². The highest BCUT2D eigenvalue weighted by Gasteiger charge is 2.36. The van der Waals surface area contributed by atoms with E-state index in [1.807, 2.05) is 26.0 Å². The van der Waals surface area contributed by atoms with Crippen molar-refractivity contribution >= 4 is 127 Å². The van der Waals surface area contributed by atoms with Gasteiger partial charge >= 0.3 is 0 Å². The Kier molecular flexibility index (Phi) is 34.9. The van der Waals surface area contributed by atoms with Gasteiger partial charge in [-0.15, -0.1) is 11.3 Å². The number of nitrogens with zero attached hydrogens (tertiary/aromatic N) is 11. The largest absolute Gasteiger partial charge is 0.491 e. The average Bonchev–Trinajstić information content (AvgIpc) is 1.60. The summed E-state index contributed by atoms with van der Waals surface area (Å²) in [4.78, 5) is 151. The normalized spacial score (nSPS) is 14.5. The number of rotatable bonds is 46. The Labute approximate surface area is 719 Å². The monoisotopic (exact) mass is 1740 g/mol. The minimum absolute atomic E-state index is 0.00973. The van der Waals surface area contributed by atoms with E-state index in [4.69, 9.17) is 55.2 Å². The molecule has 7 aromatic rings. The minimum Gasteiger partial charge on any atom is -0.491 e. The fourth-order valence-electron chi connectivity index (χ4n) is 13.0. The first-order valence-electron chi connectivity index (χ1n) is 39.9. The predicted molar refractivity (Wildman–Crippen MR) is 459 cm³/mol. The molecule has 0 saturated carbocycles. The summed E-state index contributed by atoms with van der Waals surface area (Å²) >= 11 is 7.72. The third kappa shape index (κ3) is 27.6. The topological polar surface area (TPSA) is 474 Å². The van der Waals surface area contributed by atoms with Crippen LogP contribution in [-0.4, -0.2) is 283 Å². The lowest BCUT2D eigenvalue weighted by Crippen LogP contribution is -2.50. The van der Waals surface area contributed by atoms with Crippen molar-refractivity contribution in [3.8, 4) is 5.75 Å². The number of fused-ring (bicyclic) bond motifs is 1. The van der Waals surface area contributed by atoms with E-state index < -0.39 is 53.6 Å². The fourth-order valence-corrected chi connectivity index (χ4v) is 14.3. The lowest BCUT2D eigenvalue weighted by Gasteiger charge is -2.34. The van der Waals surface area contributed by atoms with E-state index in [0.29, 0.717) is 119 Å². The number of amidine groups is 2. The van der Waals surface area contributed by atoms with Crippen molar-refractivity contribution in [2.45, 2.75) is 58.7 Å². The van der Waals surface area contributed by atoms with Crippen LogP contribution >= 0.6 is 22.9 Å². The zero-order valence-electron chi connectivity index (χ0n) is 69.9. The maximum Gasteiger partial charge on any atom is 0.291 e. The SMILES string of the molecule is CC(=N)N1C(=N)[C@H](CC(=O)Nc2ccc(OCCOCCOCCOCC(=O)N3CCN(CCOCCOCCOCCNC(=O)CCNC(=O)c4nc(NC(=O)CCNC(=O)c5cc(NC(=O)C6NC(NC(=O)CCNC(=O)c7cc(NC(=O)c8nccn8C)cn7C)=CN6C)cn5C)cn4C)CC3)cc2)N=C(c2ccc(Cl)cc2)c2c1sc(C)c2C. The highest BCUT2D eigenvalue weighted by atomic mass is 35.5. The molecule has 0 aliphatic carbocycles. The Morgan fingerprint density at radius 2 is 1.15 bits per heavy atom. The number of carbonyl (C=O) groups is 10. The van der Waals surface area contributed by atoms with E-state index in [9.17, 15) is 53.4 Å². The molecule has 3 aliphatic heterocycles. The number of hydrogen-bond donors (Lipinski definition) is 12. The summed E-state index contributed by atoms with van der Waals surface area (Å²) in [5.74, 6) is -2.86. The molecule has 0 bridgehead atoms. The molecule has 5 aromatic heterocycles. The second kappa shape index (κ2) is 46.1. The molecule has 0 radical (unpaired) electrons. The van der Waals surface area contributed by atoms with Gasteiger partial charge in [0.2, 0.25) is 35.4 Å². The maximum absolute atomic E-state index is 13.5. The Morgan fingerprint density at radius 1 is 0.577 bits per heavy atom. The zero-order chi connectivity index (χ0) is 88.1. The van der Waals surface area contributed by atoms with Crippen molar-refractivity contribution in [3.05, 3.63) is 153 Å². The quantitative estimate of drug-likeness (QED) is 0.0148. The van der Waals surface area contributed by atoms with Gasteiger partial charge in [0.1, 0.15) is 58.9 Å². The number of halogens is 1. The molecule has 0 spiro atoms. The van der Waals surface area contributed by atoms with Gasteiger partial charge in [-0.25, -0.2) is 9.97 Å². The lowest BCUT2D eigenvalue weighted by molar-refractivity contribution is -0.138. The standard InChI is InChI=1S/C81H106ClN23O17S/c1-51-52(2)123-81-70(51)71(54-9-11-55(82)12-10-54)93-60(72(84)105(81)53(3)83)45-68(109)90-56-13-15-59(16-14-56)122-42-41-120-38-37-119-39-40-121-50-69(110)104-28-26-103(27-29-104)30-32-117-34-36-118-35-33-116-31-24-85-65(106)17-20-89-78(113)74-96-63(48-101(74)7)94-66(107)18-21-88-77(112)62-44-58(47-100(62)6)92-80(115)75-97-64(49-102(75)8)95-67(108)19-22-87-76(111)61-43-57(46-99(61)5)91-79(114)73-86-23-25-98(73)4/h9-16,23,25,43-44,46-49,60,75,83-84,97H,17-22,24,26-42,45,50H2,1-8H3,(H,85,106)(H,87,111)(H,88,112)(H,89,113)(H,90,109)(H,91,114)(H,92,115)(H,94,107)(H,95,108)/t60-,75?/m0/s1. The summed E-state index contributed by atoms with van der Waals surface area (Å²) in [6.45, 7) is 13.2. The molecule has 1 unspecified atom stereocenters. The maximum atomic E-state index is 13.5. The van der Waals surface area contributed by atoms with E-state index in [0.717, 1.165) is 39.7 Å². The summed E-state index contributed by atoms with van der Waals surface area (Å²) in [6.07, 6.45) is 7.91. The number of anilines is 5. The van der Waals surface area contributed by atoms with E-state index >= 15 is 0 Å². The predicted octanol–water partition coefficient (Wildman–Crippen LogP) is 3.30. The number of hydrogen-bond acceptors (Lipinski definition) is 26. The smallest absolute Gasteiger partial charge is 0.291 e. The molecule has 1 saturated heterocycles. The van der Waals surface area contributed by atoms with Crippen LogP contribution in [0.15, 0.2) is 109 Å². The second-order valence-corrected chi connectivity index (χ2v) is 30.4. The van der Waals surface area contributed by atoms with Crippen LogP contribution in [0.5, 0.6) is 5.75 Å². The Morgan fingerprint density at radius 3 is 1.77 bits per heavy atom. The van der Waals surface area contributed by atoms with E-state index in [-0.39, 0.29) is 136 Å². The Bertz CT molecular complexity index is 4950. The third-order valence-electron chi connectivity index (χ3n) is 19.5. The number of benzene rings is 2. The Balaban J connectivity index is 0.477. The van der Waals surface area contributed by atoms with Gasteiger partial charge in [0.05, 0.1) is 96.2 Å². The number of nitrogens with one attached hydrogen (secondary N) is 12. The number of aryl methyl sites for hydroxylation is 5. The highest BCUT2D eigenvalue weighted by Crippen LogP contribution is 2.40. The molecule has 3 aliphatic rings. The zero-order valence-corrected chi connectivity index (χ0v) is 71.5. The number of aliphatic imine (C=N–C) groups is 1. The van der Waals surface area contributed by atoms with Gasteiger partial charge in [-0.3, -0.25) is 73.6 Å². The first-order valence-corrected chi connectivity index (χ1v) is 41.1. The summed E-state index contributed by atoms with van der Waals surface area (Å²) in [7, 11) is 8.13. The van der Waals surface area contributed by atoms with Gasteiger partial charge in [0, 0.05) is 177 Å². The van der Waals surface area contributed by atoms with Gasteiger partial charge in [0.25, 0.3) is 29.5 Å². The van der Waals surface area contributed by atoms with Crippen LogP contribution in [0, 0.1) is 24.7 Å². The Hall–Kier alpha value is -12.2. The molecule has 40 nitrogen and oxygen atoms in total. The van der Waals surface area contributed by atoms with Crippen molar-refractivity contribution in [3.63, 3.8) is 0 Å². The third-order valence-corrected chi connectivity index (χ3v) is 21.0. The molecule has 123 heavy (non-hydrogen) atoms. The van der Waals surface area contributed by atoms with Crippen molar-refractivity contribution in [2.75, 3.05) is 178 Å². The lowest BCUT2D eigenvalue weighted by atomic mass is 9.99. The number of ether oxygens (including phenoxy) is 7. The molecule has 1 fully saturated rings. The second-order valence-electron chi connectivity index (χ2n) is 28.8. The van der Waals surface area contributed by atoms with Gasteiger partial charge < -0.3 is 114 Å². The first-order chi connectivity index (χ1) is 59.2. The number of aromatic nitrogens is 6. The first kappa shape index (κ1) is 93.1. The molecular formula is C81H106ClN23O17S. The number of amides is 10. The van der Waals surface area contributed by atoms with Crippen LogP contribution in [0.4, 0.5) is 27.9 Å². The molecule has 42 heteroatoms. The number of thiophene rings is 1. The molecule has 8 heterocycles. The van der Waals surface area contributed by atoms with Crippen LogP contribution in [0.1, 0.15) is 96.4 Å². The van der Waals surface area contributed by atoms with Crippen molar-refractivity contribution in [1.82, 2.24) is 74.8 Å². The number of likely N-dealkylation sites (N-methyl/N-ethyl adjacent to an activating group) is 1. The summed E-state index contributed by atoms with van der Waals surface area (Å²) < 4.78 is 45.6. The van der Waals surface area contributed by atoms with Crippen LogP contribution in [-0.2, 0) is 85.4 Å². The molecule has 10 amide bonds. The van der Waals surface area contributed by atoms with Crippen LogP contribution < -0.4 is 62.8 Å². The van der Waals surface area contributed by atoms with Crippen molar-refractivity contribution in [2.24, 2.45) is 33.2 Å². The summed E-state index contributed by atoms with van der Waals surface area (Å²) in [5, 5.41) is 46.5. The minimum atomic E-state index is -0.939. The van der Waals surface area contributed by atoms with Crippen molar-refractivity contribution in [1.29, 1.82) is 10.8 Å². The van der Waals surface area contributed by atoms with Gasteiger partial charge in [-0.2, -0.15) is 0 Å². The fraction of sp³-hybridized carbons (Fsp3) is 0.444. The summed E-state index contributed by atoms with van der Waals surface area (Å²) in [6, 6.07) is 16.4. The molecule has 2 atom stereocenters. The van der Waals surface area contributed by atoms with E-state index in [1.165, 1.54) is 66.9 Å².